The van der Waals surface area contributed by atoms with Crippen molar-refractivity contribution in [3.8, 4) is 0 Å². The van der Waals surface area contributed by atoms with Crippen molar-refractivity contribution in [2.75, 3.05) is 32.8 Å². The molecule has 7 heteroatoms. The predicted molar refractivity (Wildman–Crippen MR) is 193 cm³/mol. The van der Waals surface area contributed by atoms with Crippen LogP contribution >= 0.6 is 0 Å². The maximum atomic E-state index is 12.0. The molecule has 0 heterocycles. The zero-order valence-electron chi connectivity index (χ0n) is 31.1. The maximum Gasteiger partial charge on any atom is 0.333 e. The van der Waals surface area contributed by atoms with Gasteiger partial charge >= 0.3 is 17.9 Å². The summed E-state index contributed by atoms with van der Waals surface area (Å²) in [6.07, 6.45) is 13.8. The summed E-state index contributed by atoms with van der Waals surface area (Å²) in [4.78, 5) is 35.1. The third-order valence-corrected chi connectivity index (χ3v) is 10.3. The first-order chi connectivity index (χ1) is 22.0. The smallest absolute Gasteiger partial charge is 0.333 e. The Kier molecular flexibility index (Phi) is 17.7. The highest BCUT2D eigenvalue weighted by Crippen LogP contribution is 2.62. The summed E-state index contributed by atoms with van der Waals surface area (Å²) >= 11 is 0. The second-order valence-corrected chi connectivity index (χ2v) is 14.4. The van der Waals surface area contributed by atoms with Crippen molar-refractivity contribution in [1.29, 1.82) is 0 Å². The van der Waals surface area contributed by atoms with Crippen LogP contribution in [0.4, 0.5) is 0 Å². The maximum absolute atomic E-state index is 12.0. The normalized spacial score (nSPS) is 24.5. The van der Waals surface area contributed by atoms with Crippen LogP contribution in [-0.2, 0) is 23.9 Å². The van der Waals surface area contributed by atoms with Crippen LogP contribution in [0.3, 0.4) is 0 Å². The average Bonchev–Trinajstić information content (AvgIpc) is 3.02. The fourth-order valence-electron chi connectivity index (χ4n) is 7.34. The molecule has 0 aromatic carbocycles. The van der Waals surface area contributed by atoms with Crippen molar-refractivity contribution in [2.24, 2.45) is 28.6 Å². The van der Waals surface area contributed by atoms with Gasteiger partial charge < -0.3 is 19.5 Å². The Labute approximate surface area is 286 Å². The minimum absolute atomic E-state index is 0.0716. The molecule has 1 N–H and O–H groups in total. The molecule has 1 saturated carbocycles. The second kappa shape index (κ2) is 19.8. The molecule has 0 spiro atoms. The molecule has 3 aliphatic carbocycles. The van der Waals surface area contributed by atoms with E-state index in [9.17, 15) is 14.4 Å². The molecule has 7 nitrogen and oxygen atoms in total. The lowest BCUT2D eigenvalue weighted by Crippen LogP contribution is -2.51. The molecular weight excluding hydrogens is 590 g/mol. The first-order valence-electron chi connectivity index (χ1n) is 17.7. The Morgan fingerprint density at radius 3 is 2.09 bits per heavy atom. The van der Waals surface area contributed by atoms with Gasteiger partial charge in [0.25, 0.3) is 0 Å². The Morgan fingerprint density at radius 2 is 1.60 bits per heavy atom. The monoisotopic (exact) mass is 655 g/mol. The fraction of sp³-hybridized carbons (Fsp3) is 0.675. The summed E-state index contributed by atoms with van der Waals surface area (Å²) in [7, 11) is 0. The number of aliphatic carboxylic acids is 1. The van der Waals surface area contributed by atoms with E-state index in [1.807, 2.05) is 6.92 Å². The van der Waals surface area contributed by atoms with E-state index in [1.165, 1.54) is 25.7 Å². The molecule has 0 aromatic heterocycles. The van der Waals surface area contributed by atoms with Crippen LogP contribution in [0.15, 0.2) is 59.8 Å². The van der Waals surface area contributed by atoms with Gasteiger partial charge in [0.05, 0.1) is 6.61 Å². The molecule has 3 aliphatic rings. The van der Waals surface area contributed by atoms with E-state index >= 15 is 0 Å². The van der Waals surface area contributed by atoms with Gasteiger partial charge in [-0.2, -0.15) is 0 Å². The quantitative estimate of drug-likeness (QED) is 0.156. The van der Waals surface area contributed by atoms with E-state index in [1.54, 1.807) is 25.0 Å². The zero-order chi connectivity index (χ0) is 35.9. The third-order valence-electron chi connectivity index (χ3n) is 10.3. The number of carbonyl (C=O) groups excluding carboxylic acids is 2. The molecule has 1 fully saturated rings. The van der Waals surface area contributed by atoms with Gasteiger partial charge in [-0.1, -0.05) is 98.8 Å². The van der Waals surface area contributed by atoms with Crippen LogP contribution in [0.2, 0.25) is 0 Å². The van der Waals surface area contributed by atoms with Gasteiger partial charge in [-0.25, -0.2) is 14.4 Å². The molecule has 47 heavy (non-hydrogen) atoms. The summed E-state index contributed by atoms with van der Waals surface area (Å²) in [5, 5.41) is 8.21. The first kappa shape index (κ1) is 42.1. The number of nitrogens with zero attached hydrogens (tertiary/aromatic N) is 1. The highest BCUT2D eigenvalue weighted by molar-refractivity contribution is 5.87. The van der Waals surface area contributed by atoms with Crippen molar-refractivity contribution in [2.45, 2.75) is 114 Å². The van der Waals surface area contributed by atoms with E-state index < -0.39 is 5.97 Å². The van der Waals surface area contributed by atoms with Crippen LogP contribution in [0.25, 0.3) is 0 Å². The fourth-order valence-corrected chi connectivity index (χ4v) is 7.34. The highest BCUT2D eigenvalue weighted by Gasteiger charge is 2.54. The van der Waals surface area contributed by atoms with Crippen molar-refractivity contribution in [3.63, 3.8) is 0 Å². The number of hydrogen-bond donors (Lipinski definition) is 1. The van der Waals surface area contributed by atoms with Gasteiger partial charge in [0.2, 0.25) is 0 Å². The van der Waals surface area contributed by atoms with Crippen molar-refractivity contribution < 1.29 is 29.0 Å². The SMILES string of the molecule is C=C(C)C(=O)OCCN(CC)CC.C=C(C)C(=O)OC[C@@]1(C)CCC[C@@]2(C)C1CC=C1C=C(C(C)C)CC[C@H]12.C=C(CCC)C(=O)O. The number of allylic oxidation sites excluding steroid dienone is 4. The van der Waals surface area contributed by atoms with Gasteiger partial charge in [-0.3, -0.25) is 0 Å². The minimum Gasteiger partial charge on any atom is -0.478 e. The van der Waals surface area contributed by atoms with E-state index in [2.05, 4.69) is 78.3 Å². The molecule has 1 unspecified atom stereocenters. The number of fused-ring (bicyclic) bond motifs is 3. The molecule has 3 rings (SSSR count). The zero-order valence-corrected chi connectivity index (χ0v) is 31.1. The molecule has 0 bridgehead atoms. The summed E-state index contributed by atoms with van der Waals surface area (Å²) in [5.74, 6) is 0.483. The Balaban J connectivity index is 0.000000438. The van der Waals surface area contributed by atoms with Gasteiger partial charge in [-0.15, -0.1) is 0 Å². The Bertz CT molecular complexity index is 1180. The third kappa shape index (κ3) is 12.6. The Morgan fingerprint density at radius 1 is 1.00 bits per heavy atom. The molecule has 0 aliphatic heterocycles. The lowest BCUT2D eigenvalue weighted by atomic mass is 9.47. The number of hydrogen-bond acceptors (Lipinski definition) is 6. The Hall–Kier alpha value is -2.93. The number of carboxylic acids is 1. The number of carbonyl (C=O) groups is 3. The summed E-state index contributed by atoms with van der Waals surface area (Å²) in [5.41, 5.74) is 4.85. The van der Waals surface area contributed by atoms with Crippen LogP contribution in [0.1, 0.15) is 114 Å². The topological polar surface area (TPSA) is 93.1 Å². The largest absolute Gasteiger partial charge is 0.478 e. The van der Waals surface area contributed by atoms with E-state index in [0.717, 1.165) is 38.9 Å². The van der Waals surface area contributed by atoms with Crippen molar-refractivity contribution >= 4 is 17.9 Å². The van der Waals surface area contributed by atoms with Crippen LogP contribution < -0.4 is 0 Å². The van der Waals surface area contributed by atoms with Gasteiger partial charge in [0.1, 0.15) is 6.61 Å². The average molecular weight is 656 g/mol. The standard InChI is InChI=1S/C24H36O2.C10H19NO2.C6H10O2/c1-16(2)18-8-10-20-19(14-18)9-11-21-23(5,12-7-13-24(20,21)6)15-26-22(25)17(3)4;1-5-11(6-2)7-8-13-10(12)9(3)4;1-3-4-5(2)6(7)8/h9,14,16,20-21H,3,7-8,10-13,15H2,1-2,4-6H3;3,5-8H2,1-2,4H3;2-4H2,1H3,(H,7,8)/t20-,21?,23-,24-;;/m1../s1. The second-order valence-electron chi connectivity index (χ2n) is 14.4. The van der Waals surface area contributed by atoms with E-state index in [0.29, 0.717) is 59.5 Å². The van der Waals surface area contributed by atoms with E-state index in [4.69, 9.17) is 14.6 Å². The number of carboxylic acid groups (broad SMARTS) is 1. The molecular formula is C40H65NO6. The van der Waals surface area contributed by atoms with E-state index in [-0.39, 0.29) is 17.4 Å². The summed E-state index contributed by atoms with van der Waals surface area (Å²) in [6, 6.07) is 0. The molecule has 0 radical (unpaired) electrons. The van der Waals surface area contributed by atoms with Crippen LogP contribution in [0, 0.1) is 28.6 Å². The molecule has 4 atom stereocenters. The number of ether oxygens (including phenoxy) is 2. The lowest BCUT2D eigenvalue weighted by Gasteiger charge is -2.58. The number of rotatable bonds is 13. The van der Waals surface area contributed by atoms with Gasteiger partial charge in [0, 0.05) is 28.7 Å². The lowest BCUT2D eigenvalue weighted by molar-refractivity contribution is -0.149. The molecule has 0 amide bonds. The first-order valence-corrected chi connectivity index (χ1v) is 17.7. The molecule has 0 saturated heterocycles. The van der Waals surface area contributed by atoms with Gasteiger partial charge in [0.15, 0.2) is 0 Å². The van der Waals surface area contributed by atoms with Crippen molar-refractivity contribution in [1.82, 2.24) is 4.90 Å². The van der Waals surface area contributed by atoms with Gasteiger partial charge in [-0.05, 0) is 94.2 Å². The highest BCUT2D eigenvalue weighted by atomic mass is 16.5. The molecule has 0 aromatic rings. The summed E-state index contributed by atoms with van der Waals surface area (Å²) in [6.45, 7) is 33.3. The molecule has 266 valence electrons. The van der Waals surface area contributed by atoms with Crippen LogP contribution in [-0.4, -0.2) is 60.8 Å². The van der Waals surface area contributed by atoms with Crippen LogP contribution in [0.5, 0.6) is 0 Å². The number of likely N-dealkylation sites (N-methyl/N-ethyl adjacent to an activating group) is 1. The number of esters is 2. The summed E-state index contributed by atoms with van der Waals surface area (Å²) < 4.78 is 10.6. The van der Waals surface area contributed by atoms with Crippen molar-refractivity contribution in [3.05, 3.63) is 59.8 Å². The predicted octanol–water partition coefficient (Wildman–Crippen LogP) is 9.12. The minimum atomic E-state index is -0.883.